The van der Waals surface area contributed by atoms with Crippen LogP contribution in [0.4, 0.5) is 11.6 Å². The van der Waals surface area contributed by atoms with Crippen molar-refractivity contribution in [2.24, 2.45) is 16.8 Å². The first-order valence-electron chi connectivity index (χ1n) is 22.6. The van der Waals surface area contributed by atoms with Crippen molar-refractivity contribution in [1.82, 2.24) is 34.8 Å². The lowest BCUT2D eigenvalue weighted by atomic mass is 9.88. The van der Waals surface area contributed by atoms with Gasteiger partial charge in [0.15, 0.2) is 0 Å². The standard InChI is InChI=1S/C51H49N11O6/c1-3-42(63)59-28-33(29-59)39-23-25-54-50-45(47(58-61(39)50)32-17-21-38(22-18-32)68-36-13-9-6-10-14-36)51(66)56-55-34-27-41(60(30-34)43(64)4-2)40-24-26-53-49-44(48(52)65)46(57-62(40)49)31-15-19-37(20-16-31)67-35-11-7-5-8-12-35/h3-22,33,39-41,53-54H,1-2,23-30H2,(H2,52,65)(H,56,66)/b55-34+. The largest absolute Gasteiger partial charge is 0.457 e. The van der Waals surface area contributed by atoms with Gasteiger partial charge in [0.25, 0.3) is 11.8 Å². The Labute approximate surface area is 391 Å². The highest BCUT2D eigenvalue weighted by molar-refractivity contribution is 6.06. The summed E-state index contributed by atoms with van der Waals surface area (Å²) < 4.78 is 15.7. The van der Waals surface area contributed by atoms with Gasteiger partial charge in [0.2, 0.25) is 11.8 Å². The monoisotopic (exact) mass is 911 g/mol. The molecule has 0 aliphatic carbocycles. The number of primary amides is 1. The van der Waals surface area contributed by atoms with Gasteiger partial charge in [-0.2, -0.15) is 15.3 Å². The maximum absolute atomic E-state index is 14.6. The zero-order valence-corrected chi connectivity index (χ0v) is 37.1. The maximum atomic E-state index is 14.6. The summed E-state index contributed by atoms with van der Waals surface area (Å²) in [4.78, 5) is 57.1. The molecule has 3 unspecified atom stereocenters. The van der Waals surface area contributed by atoms with Gasteiger partial charge in [-0.25, -0.2) is 14.8 Å². The van der Waals surface area contributed by atoms with Crippen LogP contribution in [0.5, 0.6) is 23.0 Å². The molecule has 2 aromatic heterocycles. The van der Waals surface area contributed by atoms with E-state index in [0.717, 1.165) is 6.42 Å². The second-order valence-corrected chi connectivity index (χ2v) is 17.1. The number of carbonyl (C=O) groups is 4. The number of hydrogen-bond acceptors (Lipinski definition) is 11. The molecule has 17 heteroatoms. The van der Waals surface area contributed by atoms with Crippen LogP contribution in [0.1, 0.15) is 52.1 Å². The van der Waals surface area contributed by atoms with Gasteiger partial charge in [0.05, 0.1) is 30.4 Å². The zero-order valence-electron chi connectivity index (χ0n) is 37.1. The summed E-state index contributed by atoms with van der Waals surface area (Å²) in [5.41, 5.74) is 12.2. The summed E-state index contributed by atoms with van der Waals surface area (Å²) >= 11 is 0. The number of fused-ring (bicyclic) bond motifs is 2. The molecule has 6 heterocycles. The number of nitrogens with zero attached hydrogens (tertiary/aromatic N) is 7. The molecule has 6 aromatic rings. The molecule has 0 spiro atoms. The van der Waals surface area contributed by atoms with E-state index in [2.05, 4.69) is 34.3 Å². The van der Waals surface area contributed by atoms with Crippen LogP contribution in [0.15, 0.2) is 140 Å². The Kier molecular flexibility index (Phi) is 11.8. The number of amides is 4. The summed E-state index contributed by atoms with van der Waals surface area (Å²) in [6, 6.07) is 32.6. The fourth-order valence-corrected chi connectivity index (χ4v) is 9.63. The Bertz CT molecular complexity index is 2940. The van der Waals surface area contributed by atoms with Crippen LogP contribution < -0.4 is 31.3 Å². The number of ether oxygens (including phenoxy) is 2. The van der Waals surface area contributed by atoms with Crippen molar-refractivity contribution < 1.29 is 28.7 Å². The van der Waals surface area contributed by atoms with Crippen molar-refractivity contribution in [3.63, 3.8) is 0 Å². The fourth-order valence-electron chi connectivity index (χ4n) is 9.63. The van der Waals surface area contributed by atoms with E-state index in [4.69, 9.17) is 25.4 Å². The molecule has 4 aromatic carbocycles. The number of anilines is 2. The smallest absolute Gasteiger partial charge is 0.277 e. The average Bonchev–Trinajstić information content (AvgIpc) is 4.08. The molecule has 2 saturated heterocycles. The van der Waals surface area contributed by atoms with Gasteiger partial charge in [-0.05, 0) is 97.8 Å². The van der Waals surface area contributed by atoms with Crippen LogP contribution in [0.25, 0.3) is 22.5 Å². The number of nitrogens with two attached hydrogens (primary N) is 1. The minimum Gasteiger partial charge on any atom is -0.457 e. The second kappa shape index (κ2) is 18.4. The molecule has 0 bridgehead atoms. The van der Waals surface area contributed by atoms with Gasteiger partial charge in [-0.15, -0.1) is 0 Å². The zero-order chi connectivity index (χ0) is 46.9. The van der Waals surface area contributed by atoms with E-state index in [9.17, 15) is 19.2 Å². The van der Waals surface area contributed by atoms with Gasteiger partial charge in [0.1, 0.15) is 57.1 Å². The summed E-state index contributed by atoms with van der Waals surface area (Å²) in [5.74, 6) is 2.21. The summed E-state index contributed by atoms with van der Waals surface area (Å²) in [7, 11) is 0. The van der Waals surface area contributed by atoms with Gasteiger partial charge >= 0.3 is 0 Å². The molecule has 4 aliphatic heterocycles. The number of para-hydroxylation sites is 2. The van der Waals surface area contributed by atoms with Gasteiger partial charge in [-0.3, -0.25) is 19.2 Å². The summed E-state index contributed by atoms with van der Waals surface area (Å²) in [6.07, 6.45) is 4.21. The number of hydrazone groups is 1. The number of aromatic nitrogens is 4. The van der Waals surface area contributed by atoms with Crippen LogP contribution in [0.2, 0.25) is 0 Å². The van der Waals surface area contributed by atoms with E-state index in [0.29, 0.717) is 107 Å². The van der Waals surface area contributed by atoms with Gasteiger partial charge in [0, 0.05) is 49.6 Å². The fraction of sp³-hybridized carbons (Fsp3) is 0.235. The minimum absolute atomic E-state index is 0.0673. The number of rotatable bonds is 13. The molecular weight excluding hydrogens is 863 g/mol. The Balaban J connectivity index is 0.931. The van der Waals surface area contributed by atoms with Crippen LogP contribution in [0, 0.1) is 5.92 Å². The third-order valence-electron chi connectivity index (χ3n) is 13.0. The lowest BCUT2D eigenvalue weighted by Crippen LogP contribution is -2.53. The van der Waals surface area contributed by atoms with Gasteiger partial charge in [-0.1, -0.05) is 49.6 Å². The number of carbonyl (C=O) groups excluding carboxylic acids is 4. The Morgan fingerprint density at radius 3 is 1.71 bits per heavy atom. The van der Waals surface area contributed by atoms with Crippen molar-refractivity contribution in [2.75, 3.05) is 43.4 Å². The Hall–Kier alpha value is -8.47. The molecule has 3 atom stereocenters. The van der Waals surface area contributed by atoms with Crippen molar-refractivity contribution >= 4 is 41.0 Å². The summed E-state index contributed by atoms with van der Waals surface area (Å²) in [5, 5.41) is 21.5. The van der Waals surface area contributed by atoms with E-state index in [1.165, 1.54) is 12.2 Å². The van der Waals surface area contributed by atoms with Crippen molar-refractivity contribution in [2.45, 2.75) is 37.4 Å². The second-order valence-electron chi connectivity index (χ2n) is 17.1. The molecule has 68 heavy (non-hydrogen) atoms. The van der Waals surface area contributed by atoms with Crippen LogP contribution in [-0.4, -0.2) is 97.5 Å². The van der Waals surface area contributed by atoms with Crippen LogP contribution >= 0.6 is 0 Å². The van der Waals surface area contributed by atoms with E-state index in [-0.39, 0.29) is 41.9 Å². The number of hydrogen-bond donors (Lipinski definition) is 4. The number of nitrogens with one attached hydrogen (secondary N) is 3. The third-order valence-corrected chi connectivity index (χ3v) is 13.0. The topological polar surface area (TPSA) is 203 Å². The number of likely N-dealkylation sites (tertiary alicyclic amines) is 2. The van der Waals surface area contributed by atoms with E-state index in [1.807, 2.05) is 102 Å². The Morgan fingerprint density at radius 2 is 1.16 bits per heavy atom. The molecule has 5 N–H and O–H groups in total. The lowest BCUT2D eigenvalue weighted by molar-refractivity contribution is -0.133. The molecule has 344 valence electrons. The predicted octanol–water partition coefficient (Wildman–Crippen LogP) is 7.03. The van der Waals surface area contributed by atoms with Crippen LogP contribution in [0.3, 0.4) is 0 Å². The minimum atomic E-state index is -0.647. The number of benzene rings is 4. The van der Waals surface area contributed by atoms with E-state index < -0.39 is 17.9 Å². The van der Waals surface area contributed by atoms with E-state index in [1.54, 1.807) is 26.6 Å². The first-order chi connectivity index (χ1) is 33.2. The average molecular weight is 912 g/mol. The van der Waals surface area contributed by atoms with Crippen molar-refractivity contribution in [3.05, 3.63) is 146 Å². The third kappa shape index (κ3) is 8.33. The van der Waals surface area contributed by atoms with E-state index >= 15 is 0 Å². The first kappa shape index (κ1) is 43.4. The lowest BCUT2D eigenvalue weighted by Gasteiger charge is -2.44. The highest BCUT2D eigenvalue weighted by Crippen LogP contribution is 2.42. The van der Waals surface area contributed by atoms with Crippen molar-refractivity contribution in [1.29, 1.82) is 0 Å². The highest BCUT2D eigenvalue weighted by Gasteiger charge is 2.43. The highest BCUT2D eigenvalue weighted by atomic mass is 16.5. The SMILES string of the molecule is C=CC(=O)N1CC(C2CCNc3c(C(=O)N/N=C4\CC(C5CCNc6c(C(N)=O)c(-c7ccc(Oc8ccccc8)cc7)nn65)N(C(=O)C=C)C4)c(-c4ccc(Oc5ccccc5)cc4)nn32)C1. The molecule has 2 fully saturated rings. The van der Waals surface area contributed by atoms with Gasteiger partial charge < -0.3 is 35.6 Å². The van der Waals surface area contributed by atoms with Crippen molar-refractivity contribution in [3.8, 4) is 45.5 Å². The molecule has 10 rings (SSSR count). The predicted molar refractivity (Wildman–Crippen MR) is 257 cm³/mol. The molecule has 4 aliphatic rings. The quantitative estimate of drug-likeness (QED) is 0.0689. The molecule has 4 amide bonds. The Morgan fingerprint density at radius 1 is 0.662 bits per heavy atom. The molecular formula is C51H49N11O6. The first-order valence-corrected chi connectivity index (χ1v) is 22.6. The molecule has 0 saturated carbocycles. The summed E-state index contributed by atoms with van der Waals surface area (Å²) in [6.45, 7) is 9.74. The molecule has 17 nitrogen and oxygen atoms in total. The maximum Gasteiger partial charge on any atom is 0.277 e. The normalized spacial score (nSPS) is 19.1. The van der Waals surface area contributed by atoms with Crippen LogP contribution in [-0.2, 0) is 9.59 Å². The molecule has 0 radical (unpaired) electrons.